The van der Waals surface area contributed by atoms with E-state index in [-0.39, 0.29) is 12.4 Å². The molecule has 2 rings (SSSR count). The number of rotatable bonds is 2. The summed E-state index contributed by atoms with van der Waals surface area (Å²) in [4.78, 5) is 12.2. The van der Waals surface area contributed by atoms with Crippen LogP contribution in [0.2, 0.25) is 0 Å². The van der Waals surface area contributed by atoms with Crippen molar-refractivity contribution >= 4 is 18.3 Å². The maximum atomic E-state index is 12.2. The lowest BCUT2D eigenvalue weighted by atomic mass is 9.96. The van der Waals surface area contributed by atoms with Crippen LogP contribution in [0.3, 0.4) is 0 Å². The predicted molar refractivity (Wildman–Crippen MR) is 77.1 cm³/mol. The lowest BCUT2D eigenvalue weighted by Crippen LogP contribution is -2.48. The number of hydrogen-bond donors (Lipinski definition) is 2. The molecular formula is C14H27ClN2O. The van der Waals surface area contributed by atoms with Gasteiger partial charge in [-0.2, -0.15) is 0 Å². The van der Waals surface area contributed by atoms with E-state index in [1.165, 1.54) is 25.7 Å². The molecule has 2 aliphatic rings. The predicted octanol–water partition coefficient (Wildman–Crippen LogP) is 2.64. The van der Waals surface area contributed by atoms with E-state index in [1.54, 1.807) is 0 Å². The van der Waals surface area contributed by atoms with Crippen molar-refractivity contribution in [2.45, 2.75) is 70.4 Å². The van der Waals surface area contributed by atoms with Gasteiger partial charge in [0.05, 0.1) is 0 Å². The van der Waals surface area contributed by atoms with Gasteiger partial charge in [0.2, 0.25) is 5.91 Å². The fraction of sp³-hybridized carbons (Fsp3) is 0.929. The highest BCUT2D eigenvalue weighted by Gasteiger charge is 2.24. The van der Waals surface area contributed by atoms with Crippen molar-refractivity contribution in [2.24, 2.45) is 5.92 Å². The van der Waals surface area contributed by atoms with Gasteiger partial charge in [-0.25, -0.2) is 0 Å². The molecule has 0 bridgehead atoms. The van der Waals surface area contributed by atoms with Crippen LogP contribution in [0.5, 0.6) is 0 Å². The Morgan fingerprint density at radius 1 is 1.11 bits per heavy atom. The summed E-state index contributed by atoms with van der Waals surface area (Å²) in [5, 5.41) is 6.69. The minimum absolute atomic E-state index is 0. The molecule has 1 saturated heterocycles. The van der Waals surface area contributed by atoms with E-state index >= 15 is 0 Å². The molecule has 0 aromatic heterocycles. The van der Waals surface area contributed by atoms with Crippen molar-refractivity contribution < 1.29 is 4.79 Å². The topological polar surface area (TPSA) is 41.1 Å². The summed E-state index contributed by atoms with van der Waals surface area (Å²) in [6.45, 7) is 3.24. The molecule has 1 aliphatic heterocycles. The van der Waals surface area contributed by atoms with Gasteiger partial charge >= 0.3 is 0 Å². The van der Waals surface area contributed by atoms with Gasteiger partial charge in [-0.3, -0.25) is 4.79 Å². The van der Waals surface area contributed by atoms with Crippen LogP contribution in [0, 0.1) is 5.92 Å². The average Bonchev–Trinajstić information content (AvgIpc) is 2.57. The summed E-state index contributed by atoms with van der Waals surface area (Å²) in [7, 11) is 0. The number of halogens is 1. The summed E-state index contributed by atoms with van der Waals surface area (Å²) >= 11 is 0. The van der Waals surface area contributed by atoms with Crippen LogP contribution in [0.4, 0.5) is 0 Å². The molecule has 18 heavy (non-hydrogen) atoms. The SMILES string of the molecule is CC1CC(NC(=O)C2CCCCCC2)CCN1.Cl. The number of carbonyl (C=O) groups excluding carboxylic acids is 1. The molecule has 2 unspecified atom stereocenters. The average molecular weight is 275 g/mol. The van der Waals surface area contributed by atoms with E-state index in [0.29, 0.717) is 23.9 Å². The fourth-order valence-corrected chi connectivity index (χ4v) is 3.12. The standard InChI is InChI=1S/C14H26N2O.ClH/c1-11-10-13(8-9-15-11)16-14(17)12-6-4-2-3-5-7-12;/h11-13,15H,2-10H2,1H3,(H,16,17);1H. The first-order valence-corrected chi connectivity index (χ1v) is 7.29. The van der Waals surface area contributed by atoms with Crippen molar-refractivity contribution in [3.63, 3.8) is 0 Å². The first kappa shape index (κ1) is 15.8. The zero-order valence-corrected chi connectivity index (χ0v) is 12.2. The Morgan fingerprint density at radius 2 is 1.78 bits per heavy atom. The number of amides is 1. The smallest absolute Gasteiger partial charge is 0.223 e. The molecule has 2 atom stereocenters. The zero-order valence-electron chi connectivity index (χ0n) is 11.4. The third kappa shape index (κ3) is 4.77. The lowest BCUT2D eigenvalue weighted by molar-refractivity contribution is -0.126. The van der Waals surface area contributed by atoms with Crippen molar-refractivity contribution in [3.8, 4) is 0 Å². The van der Waals surface area contributed by atoms with Crippen molar-refractivity contribution in [3.05, 3.63) is 0 Å². The van der Waals surface area contributed by atoms with Gasteiger partial charge in [-0.05, 0) is 39.2 Å². The van der Waals surface area contributed by atoms with E-state index < -0.39 is 0 Å². The molecule has 0 aromatic rings. The van der Waals surface area contributed by atoms with Gasteiger partial charge in [0.15, 0.2) is 0 Å². The summed E-state index contributed by atoms with van der Waals surface area (Å²) in [6, 6.07) is 0.949. The van der Waals surface area contributed by atoms with E-state index in [1.807, 2.05) is 0 Å². The third-order valence-corrected chi connectivity index (χ3v) is 4.20. The molecule has 0 radical (unpaired) electrons. The molecule has 1 amide bonds. The Labute approximate surface area is 117 Å². The van der Waals surface area contributed by atoms with E-state index in [2.05, 4.69) is 17.6 Å². The number of carbonyl (C=O) groups is 1. The Balaban J connectivity index is 0.00000162. The van der Waals surface area contributed by atoms with Gasteiger partial charge in [-0.1, -0.05) is 25.7 Å². The molecule has 1 heterocycles. The molecule has 106 valence electrons. The normalized spacial score (nSPS) is 30.1. The first-order valence-electron chi connectivity index (χ1n) is 7.29. The van der Waals surface area contributed by atoms with Crippen LogP contribution in [0.25, 0.3) is 0 Å². The lowest BCUT2D eigenvalue weighted by Gasteiger charge is -2.29. The second-order valence-electron chi connectivity index (χ2n) is 5.77. The summed E-state index contributed by atoms with van der Waals surface area (Å²) in [5.74, 6) is 0.619. The van der Waals surface area contributed by atoms with Crippen molar-refractivity contribution in [2.75, 3.05) is 6.54 Å². The van der Waals surface area contributed by atoms with Gasteiger partial charge in [0.1, 0.15) is 0 Å². The minimum Gasteiger partial charge on any atom is -0.353 e. The Morgan fingerprint density at radius 3 is 2.39 bits per heavy atom. The summed E-state index contributed by atoms with van der Waals surface area (Å²) < 4.78 is 0. The summed E-state index contributed by atoms with van der Waals surface area (Å²) in [6.07, 6.45) is 9.48. The number of hydrogen-bond acceptors (Lipinski definition) is 2. The second kappa shape index (κ2) is 8.00. The van der Waals surface area contributed by atoms with Crippen molar-refractivity contribution in [1.29, 1.82) is 0 Å². The monoisotopic (exact) mass is 274 g/mol. The molecular weight excluding hydrogens is 248 g/mol. The quantitative estimate of drug-likeness (QED) is 0.760. The highest BCUT2D eigenvalue weighted by atomic mass is 35.5. The van der Waals surface area contributed by atoms with Crippen LogP contribution in [-0.4, -0.2) is 24.5 Å². The minimum atomic E-state index is 0. The maximum Gasteiger partial charge on any atom is 0.223 e. The number of piperidine rings is 1. The highest BCUT2D eigenvalue weighted by molar-refractivity contribution is 5.85. The molecule has 4 heteroatoms. The van der Waals surface area contributed by atoms with Crippen LogP contribution in [0.1, 0.15) is 58.3 Å². The Hall–Kier alpha value is -0.280. The molecule has 1 saturated carbocycles. The largest absolute Gasteiger partial charge is 0.353 e. The third-order valence-electron chi connectivity index (χ3n) is 4.20. The fourth-order valence-electron chi connectivity index (χ4n) is 3.12. The summed E-state index contributed by atoms with van der Waals surface area (Å²) in [5.41, 5.74) is 0. The van der Waals surface area contributed by atoms with Gasteiger partial charge in [0, 0.05) is 18.0 Å². The molecule has 2 N–H and O–H groups in total. The van der Waals surface area contributed by atoms with Crippen LogP contribution in [-0.2, 0) is 4.79 Å². The van der Waals surface area contributed by atoms with Gasteiger partial charge in [0.25, 0.3) is 0 Å². The Bertz CT molecular complexity index is 252. The Kier molecular flexibility index (Phi) is 7.02. The van der Waals surface area contributed by atoms with Gasteiger partial charge in [-0.15, -0.1) is 12.4 Å². The van der Waals surface area contributed by atoms with Crippen LogP contribution >= 0.6 is 12.4 Å². The molecule has 0 aromatic carbocycles. The van der Waals surface area contributed by atoms with Gasteiger partial charge < -0.3 is 10.6 Å². The zero-order chi connectivity index (χ0) is 12.1. The van der Waals surface area contributed by atoms with Crippen LogP contribution in [0.15, 0.2) is 0 Å². The molecule has 2 fully saturated rings. The number of nitrogens with one attached hydrogen (secondary N) is 2. The molecule has 3 nitrogen and oxygen atoms in total. The van der Waals surface area contributed by atoms with E-state index in [4.69, 9.17) is 0 Å². The highest BCUT2D eigenvalue weighted by Crippen LogP contribution is 2.23. The molecule has 0 spiro atoms. The maximum absolute atomic E-state index is 12.2. The van der Waals surface area contributed by atoms with E-state index in [9.17, 15) is 4.79 Å². The first-order chi connectivity index (χ1) is 8.25. The van der Waals surface area contributed by atoms with Crippen LogP contribution < -0.4 is 10.6 Å². The molecule has 1 aliphatic carbocycles. The van der Waals surface area contributed by atoms with E-state index in [0.717, 1.165) is 32.2 Å². The second-order valence-corrected chi connectivity index (χ2v) is 5.77. The van der Waals surface area contributed by atoms with Crippen molar-refractivity contribution in [1.82, 2.24) is 10.6 Å².